The number of fused-ring (bicyclic) bond motifs is 1. The molecular weight excluding hydrogens is 357 g/mol. The first-order chi connectivity index (χ1) is 13.6. The fraction of sp³-hybridized carbons (Fsp3) is 0.136. The maximum Gasteiger partial charge on any atom is 0.172 e. The van der Waals surface area contributed by atoms with Crippen LogP contribution in [0, 0.1) is 28.5 Å². The van der Waals surface area contributed by atoms with Gasteiger partial charge in [-0.1, -0.05) is 30.3 Å². The van der Waals surface area contributed by atoms with E-state index in [2.05, 4.69) is 4.98 Å². The van der Waals surface area contributed by atoms with Gasteiger partial charge in [-0.05, 0) is 19.1 Å². The maximum absolute atomic E-state index is 15.4. The Morgan fingerprint density at radius 3 is 2.43 bits per heavy atom. The quantitative estimate of drug-likeness (QED) is 0.472. The minimum Gasteiger partial charge on any atom is -0.494 e. The summed E-state index contributed by atoms with van der Waals surface area (Å²) < 4.78 is 26.2. The third-order valence-corrected chi connectivity index (χ3v) is 4.15. The van der Waals surface area contributed by atoms with Crippen LogP contribution in [-0.2, 0) is 4.74 Å². The van der Waals surface area contributed by atoms with E-state index in [9.17, 15) is 0 Å². The van der Waals surface area contributed by atoms with E-state index in [0.717, 1.165) is 5.56 Å². The summed E-state index contributed by atoms with van der Waals surface area (Å²) in [5.41, 5.74) is 1.12. The lowest BCUT2D eigenvalue weighted by atomic mass is 10.0. The molecular formula is C22H16FN3O2. The Hall–Kier alpha value is -3.90. The number of hydrogen-bond acceptors (Lipinski definition) is 5. The maximum atomic E-state index is 15.4. The average Bonchev–Trinajstić information content (AvgIpc) is 2.74. The van der Waals surface area contributed by atoms with Crippen molar-refractivity contribution >= 4 is 16.7 Å². The van der Waals surface area contributed by atoms with Gasteiger partial charge in [0.2, 0.25) is 0 Å². The van der Waals surface area contributed by atoms with Crippen molar-refractivity contribution in [1.82, 2.24) is 4.98 Å². The average molecular weight is 373 g/mol. The monoisotopic (exact) mass is 373 g/mol. The van der Waals surface area contributed by atoms with Crippen LogP contribution < -0.4 is 4.74 Å². The van der Waals surface area contributed by atoms with Crippen molar-refractivity contribution in [3.05, 3.63) is 65.5 Å². The van der Waals surface area contributed by atoms with Gasteiger partial charge < -0.3 is 9.47 Å². The molecule has 0 radical (unpaired) electrons. The predicted molar refractivity (Wildman–Crippen MR) is 103 cm³/mol. The van der Waals surface area contributed by atoms with E-state index in [0.29, 0.717) is 23.4 Å². The Morgan fingerprint density at radius 1 is 1.11 bits per heavy atom. The summed E-state index contributed by atoms with van der Waals surface area (Å²) >= 11 is 0. The number of pyridine rings is 1. The highest BCUT2D eigenvalue weighted by Gasteiger charge is 2.20. The third kappa shape index (κ3) is 3.36. The Labute approximate surface area is 161 Å². The molecule has 28 heavy (non-hydrogen) atoms. The highest BCUT2D eigenvalue weighted by molar-refractivity contribution is 5.91. The van der Waals surface area contributed by atoms with Crippen molar-refractivity contribution in [3.63, 3.8) is 0 Å². The highest BCUT2D eigenvalue weighted by atomic mass is 19.1. The van der Waals surface area contributed by atoms with Gasteiger partial charge >= 0.3 is 0 Å². The Morgan fingerprint density at radius 2 is 1.82 bits per heavy atom. The van der Waals surface area contributed by atoms with Crippen LogP contribution in [-0.4, -0.2) is 18.7 Å². The van der Waals surface area contributed by atoms with Crippen LogP contribution in [0.5, 0.6) is 5.75 Å². The zero-order valence-corrected chi connectivity index (χ0v) is 15.4. The molecule has 0 aliphatic heterocycles. The smallest absolute Gasteiger partial charge is 0.172 e. The lowest BCUT2D eigenvalue weighted by Gasteiger charge is -2.14. The first-order valence-corrected chi connectivity index (χ1v) is 8.54. The van der Waals surface area contributed by atoms with E-state index >= 15 is 4.39 Å². The fourth-order valence-corrected chi connectivity index (χ4v) is 2.91. The molecule has 0 aliphatic rings. The second kappa shape index (κ2) is 8.20. The van der Waals surface area contributed by atoms with Crippen LogP contribution in [0.15, 0.2) is 54.1 Å². The van der Waals surface area contributed by atoms with Crippen LogP contribution in [0.3, 0.4) is 0 Å². The van der Waals surface area contributed by atoms with Crippen LogP contribution >= 0.6 is 0 Å². The van der Waals surface area contributed by atoms with E-state index in [4.69, 9.17) is 20.0 Å². The predicted octanol–water partition coefficient (Wildman–Crippen LogP) is 4.84. The number of aromatic nitrogens is 1. The Balaban J connectivity index is 2.34. The normalized spacial score (nSPS) is 10.0. The van der Waals surface area contributed by atoms with E-state index in [1.807, 2.05) is 37.3 Å². The Bertz CT molecular complexity index is 1130. The molecule has 0 spiro atoms. The minimum absolute atomic E-state index is 0.00624. The second-order valence-electron chi connectivity index (χ2n) is 5.76. The fourth-order valence-electron chi connectivity index (χ4n) is 2.91. The SMILES string of the molecule is CCOc1cc(-c2ccccc2)nc2c(F)c(C(OC)=C(C#N)C#N)ccc12. The summed E-state index contributed by atoms with van der Waals surface area (Å²) in [7, 11) is 1.28. The molecule has 3 aromatic rings. The van der Waals surface area contributed by atoms with E-state index < -0.39 is 5.82 Å². The number of nitrogens with zero attached hydrogens (tertiary/aromatic N) is 3. The highest BCUT2D eigenvalue weighted by Crippen LogP contribution is 2.34. The Kier molecular flexibility index (Phi) is 5.53. The molecule has 5 nitrogen and oxygen atoms in total. The molecule has 0 amide bonds. The molecule has 1 heterocycles. The van der Waals surface area contributed by atoms with Gasteiger partial charge in [0.1, 0.15) is 23.4 Å². The molecule has 0 bridgehead atoms. The lowest BCUT2D eigenvalue weighted by Crippen LogP contribution is -2.01. The van der Waals surface area contributed by atoms with Crippen molar-refractivity contribution in [2.75, 3.05) is 13.7 Å². The van der Waals surface area contributed by atoms with Crippen molar-refractivity contribution in [1.29, 1.82) is 10.5 Å². The zero-order chi connectivity index (χ0) is 20.1. The molecule has 6 heteroatoms. The van der Waals surface area contributed by atoms with Gasteiger partial charge in [-0.3, -0.25) is 0 Å². The van der Waals surface area contributed by atoms with Gasteiger partial charge in [0, 0.05) is 17.0 Å². The molecule has 2 aromatic carbocycles. The van der Waals surface area contributed by atoms with Crippen molar-refractivity contribution in [2.45, 2.75) is 6.92 Å². The standard InChI is InChI=1S/C22H16FN3O2/c1-3-28-19-11-18(14-7-5-4-6-8-14)26-21-16(19)9-10-17(20(21)23)22(27-2)15(12-24)13-25/h4-11H,3H2,1-2H3. The number of benzene rings is 2. The van der Waals surface area contributed by atoms with Crippen LogP contribution in [0.4, 0.5) is 4.39 Å². The van der Waals surface area contributed by atoms with Gasteiger partial charge in [-0.2, -0.15) is 10.5 Å². The summed E-state index contributed by atoms with van der Waals surface area (Å²) in [6, 6.07) is 17.7. The molecule has 0 N–H and O–H groups in total. The van der Waals surface area contributed by atoms with Crippen LogP contribution in [0.2, 0.25) is 0 Å². The van der Waals surface area contributed by atoms with Crippen LogP contribution in [0.25, 0.3) is 27.9 Å². The minimum atomic E-state index is -0.684. The summed E-state index contributed by atoms with van der Waals surface area (Å²) in [6.07, 6.45) is 0. The van der Waals surface area contributed by atoms with Gasteiger partial charge in [-0.15, -0.1) is 0 Å². The summed E-state index contributed by atoms with van der Waals surface area (Å²) in [6.45, 7) is 2.25. The lowest BCUT2D eigenvalue weighted by molar-refractivity contribution is 0.344. The van der Waals surface area contributed by atoms with Crippen LogP contribution in [0.1, 0.15) is 12.5 Å². The zero-order valence-electron chi connectivity index (χ0n) is 15.4. The number of allylic oxidation sites excluding steroid dienone is 1. The number of nitriles is 2. The number of methoxy groups -OCH3 is 1. The molecule has 0 saturated carbocycles. The molecule has 0 unspecified atom stereocenters. The van der Waals surface area contributed by atoms with Gasteiger partial charge in [0.15, 0.2) is 17.1 Å². The molecule has 0 saturated heterocycles. The first kappa shape index (κ1) is 18.9. The molecule has 1 aromatic heterocycles. The molecule has 0 atom stereocenters. The largest absolute Gasteiger partial charge is 0.494 e. The van der Waals surface area contributed by atoms with Crippen molar-refractivity contribution < 1.29 is 13.9 Å². The summed E-state index contributed by atoms with van der Waals surface area (Å²) in [5.74, 6) is -0.314. The van der Waals surface area contributed by atoms with Crippen molar-refractivity contribution in [3.8, 4) is 29.1 Å². The number of rotatable bonds is 5. The van der Waals surface area contributed by atoms with Crippen molar-refractivity contribution in [2.24, 2.45) is 0 Å². The second-order valence-corrected chi connectivity index (χ2v) is 5.76. The van der Waals surface area contributed by atoms with E-state index in [1.54, 1.807) is 24.3 Å². The van der Waals surface area contributed by atoms with Gasteiger partial charge in [-0.25, -0.2) is 9.37 Å². The summed E-state index contributed by atoms with van der Waals surface area (Å²) in [4.78, 5) is 4.48. The summed E-state index contributed by atoms with van der Waals surface area (Å²) in [5, 5.41) is 18.8. The van der Waals surface area contributed by atoms with E-state index in [1.165, 1.54) is 13.2 Å². The van der Waals surface area contributed by atoms with Gasteiger partial charge in [0.05, 0.1) is 25.0 Å². The number of hydrogen-bond donors (Lipinski definition) is 0. The van der Waals surface area contributed by atoms with E-state index in [-0.39, 0.29) is 22.4 Å². The molecule has 0 fully saturated rings. The molecule has 0 aliphatic carbocycles. The molecule has 3 rings (SSSR count). The number of ether oxygens (including phenoxy) is 2. The van der Waals surface area contributed by atoms with Gasteiger partial charge in [0.25, 0.3) is 0 Å². The first-order valence-electron chi connectivity index (χ1n) is 8.54. The third-order valence-electron chi connectivity index (χ3n) is 4.15. The number of halogens is 1. The topological polar surface area (TPSA) is 78.9 Å². The molecule has 138 valence electrons.